The number of rotatable bonds is 2. The van der Waals surface area contributed by atoms with Gasteiger partial charge in [-0.05, 0) is 54.9 Å². The highest BCUT2D eigenvalue weighted by Crippen LogP contribution is 2.35. The van der Waals surface area contributed by atoms with Gasteiger partial charge in [-0.25, -0.2) is 0 Å². The normalized spacial score (nSPS) is 20.5. The lowest BCUT2D eigenvalue weighted by Crippen LogP contribution is -2.10. The molecule has 0 aromatic heterocycles. The fourth-order valence-electron chi connectivity index (χ4n) is 2.36. The summed E-state index contributed by atoms with van der Waals surface area (Å²) in [6.45, 7) is 0.255. The molecule has 1 aromatic carbocycles. The second kappa shape index (κ2) is 4.01. The molecular formula is C12H16O2. The lowest BCUT2D eigenvalue weighted by molar-refractivity contribution is 0.269. The number of hydrogen-bond donors (Lipinski definition) is 2. The minimum atomic E-state index is 0.255. The molecule has 0 saturated heterocycles. The minimum Gasteiger partial charge on any atom is -0.508 e. The molecule has 1 aromatic rings. The van der Waals surface area contributed by atoms with Gasteiger partial charge in [-0.15, -0.1) is 0 Å². The van der Waals surface area contributed by atoms with Crippen molar-refractivity contribution in [3.05, 3.63) is 29.3 Å². The summed E-state index contributed by atoms with van der Waals surface area (Å²) >= 11 is 0. The van der Waals surface area contributed by atoms with Crippen LogP contribution in [0.2, 0.25) is 0 Å². The quantitative estimate of drug-likeness (QED) is 0.754. The third-order valence-electron chi connectivity index (χ3n) is 3.04. The SMILES string of the molecule is OCCC1CCCc2cc(O)ccc21. The molecule has 76 valence electrons. The molecular weight excluding hydrogens is 176 g/mol. The first-order chi connectivity index (χ1) is 6.81. The van der Waals surface area contributed by atoms with Crippen LogP contribution in [0, 0.1) is 0 Å². The predicted molar refractivity (Wildman–Crippen MR) is 55.5 cm³/mol. The Balaban J connectivity index is 2.30. The van der Waals surface area contributed by atoms with Crippen LogP contribution in [0.4, 0.5) is 0 Å². The molecule has 2 N–H and O–H groups in total. The molecule has 0 spiro atoms. The van der Waals surface area contributed by atoms with Gasteiger partial charge in [0.05, 0.1) is 0 Å². The number of aliphatic hydroxyl groups excluding tert-OH is 1. The zero-order chi connectivity index (χ0) is 9.97. The molecule has 0 saturated carbocycles. The van der Waals surface area contributed by atoms with Gasteiger partial charge >= 0.3 is 0 Å². The molecule has 2 rings (SSSR count). The summed E-state index contributed by atoms with van der Waals surface area (Å²) in [5.74, 6) is 0.845. The molecule has 1 atom stereocenters. The van der Waals surface area contributed by atoms with Gasteiger partial charge in [0.1, 0.15) is 5.75 Å². The van der Waals surface area contributed by atoms with Crippen LogP contribution in [0.3, 0.4) is 0 Å². The van der Waals surface area contributed by atoms with Crippen LogP contribution in [0.1, 0.15) is 36.3 Å². The highest BCUT2D eigenvalue weighted by molar-refractivity contribution is 5.38. The summed E-state index contributed by atoms with van der Waals surface area (Å²) in [6.07, 6.45) is 4.24. The van der Waals surface area contributed by atoms with Crippen LogP contribution in [0.15, 0.2) is 18.2 Å². The minimum absolute atomic E-state index is 0.255. The van der Waals surface area contributed by atoms with E-state index in [4.69, 9.17) is 5.11 Å². The largest absolute Gasteiger partial charge is 0.508 e. The number of aryl methyl sites for hydroxylation is 1. The molecule has 2 nitrogen and oxygen atoms in total. The van der Waals surface area contributed by atoms with Gasteiger partial charge in [0.2, 0.25) is 0 Å². The van der Waals surface area contributed by atoms with Gasteiger partial charge in [-0.1, -0.05) is 6.07 Å². The molecule has 0 heterocycles. The van der Waals surface area contributed by atoms with Crippen molar-refractivity contribution in [3.8, 4) is 5.75 Å². The maximum atomic E-state index is 9.36. The lowest BCUT2D eigenvalue weighted by atomic mass is 9.81. The van der Waals surface area contributed by atoms with E-state index in [0.29, 0.717) is 11.7 Å². The van der Waals surface area contributed by atoms with E-state index < -0.39 is 0 Å². The van der Waals surface area contributed by atoms with E-state index in [1.165, 1.54) is 24.0 Å². The van der Waals surface area contributed by atoms with E-state index in [1.54, 1.807) is 6.07 Å². The average Bonchev–Trinajstić information content (AvgIpc) is 2.18. The van der Waals surface area contributed by atoms with Crippen molar-refractivity contribution in [1.82, 2.24) is 0 Å². The fraction of sp³-hybridized carbons (Fsp3) is 0.500. The van der Waals surface area contributed by atoms with Crippen LogP contribution in [0.25, 0.3) is 0 Å². The van der Waals surface area contributed by atoms with Gasteiger partial charge in [0.25, 0.3) is 0 Å². The Morgan fingerprint density at radius 1 is 1.36 bits per heavy atom. The maximum Gasteiger partial charge on any atom is 0.115 e. The van der Waals surface area contributed by atoms with Crippen LogP contribution in [0.5, 0.6) is 5.75 Å². The molecule has 1 aliphatic rings. The average molecular weight is 192 g/mol. The Bertz CT molecular complexity index is 320. The highest BCUT2D eigenvalue weighted by Gasteiger charge is 2.19. The Morgan fingerprint density at radius 2 is 2.21 bits per heavy atom. The zero-order valence-corrected chi connectivity index (χ0v) is 8.24. The van der Waals surface area contributed by atoms with E-state index in [0.717, 1.165) is 12.8 Å². The number of fused-ring (bicyclic) bond motifs is 1. The third kappa shape index (κ3) is 1.75. The lowest BCUT2D eigenvalue weighted by Gasteiger charge is -2.24. The summed E-state index contributed by atoms with van der Waals surface area (Å²) in [5, 5.41) is 18.3. The van der Waals surface area contributed by atoms with Crippen molar-refractivity contribution < 1.29 is 10.2 Å². The van der Waals surface area contributed by atoms with E-state index in [1.807, 2.05) is 12.1 Å². The van der Waals surface area contributed by atoms with Crippen molar-refractivity contribution >= 4 is 0 Å². The summed E-state index contributed by atoms with van der Waals surface area (Å²) in [5.41, 5.74) is 2.58. The number of benzene rings is 1. The van der Waals surface area contributed by atoms with Crippen molar-refractivity contribution in [2.45, 2.75) is 31.6 Å². The van der Waals surface area contributed by atoms with Crippen LogP contribution < -0.4 is 0 Å². The second-order valence-electron chi connectivity index (χ2n) is 3.98. The van der Waals surface area contributed by atoms with Gasteiger partial charge < -0.3 is 10.2 Å². The molecule has 0 radical (unpaired) electrons. The van der Waals surface area contributed by atoms with E-state index >= 15 is 0 Å². The third-order valence-corrected chi connectivity index (χ3v) is 3.04. The molecule has 0 amide bonds. The van der Waals surface area contributed by atoms with Crippen LogP contribution >= 0.6 is 0 Å². The molecule has 14 heavy (non-hydrogen) atoms. The monoisotopic (exact) mass is 192 g/mol. The van der Waals surface area contributed by atoms with Crippen LogP contribution in [-0.4, -0.2) is 16.8 Å². The van der Waals surface area contributed by atoms with Gasteiger partial charge in [0.15, 0.2) is 0 Å². The van der Waals surface area contributed by atoms with Crippen LogP contribution in [-0.2, 0) is 6.42 Å². The van der Waals surface area contributed by atoms with Crippen molar-refractivity contribution in [2.24, 2.45) is 0 Å². The predicted octanol–water partition coefficient (Wildman–Crippen LogP) is 2.19. The molecule has 0 aliphatic heterocycles. The fourth-order valence-corrected chi connectivity index (χ4v) is 2.36. The standard InChI is InChI=1S/C12H16O2/c13-7-6-9-2-1-3-10-8-11(14)4-5-12(9)10/h4-5,8-9,13-14H,1-3,6-7H2. The Morgan fingerprint density at radius 3 is 3.00 bits per heavy atom. The van der Waals surface area contributed by atoms with E-state index in [-0.39, 0.29) is 6.61 Å². The smallest absolute Gasteiger partial charge is 0.115 e. The summed E-state index contributed by atoms with van der Waals surface area (Å²) in [4.78, 5) is 0. The second-order valence-corrected chi connectivity index (χ2v) is 3.98. The van der Waals surface area contributed by atoms with Gasteiger partial charge in [0, 0.05) is 6.61 Å². The number of hydrogen-bond acceptors (Lipinski definition) is 2. The first-order valence-corrected chi connectivity index (χ1v) is 5.24. The first-order valence-electron chi connectivity index (χ1n) is 5.24. The summed E-state index contributed by atoms with van der Waals surface area (Å²) in [6, 6.07) is 5.61. The van der Waals surface area contributed by atoms with Crippen molar-refractivity contribution in [2.75, 3.05) is 6.61 Å². The number of aromatic hydroxyl groups is 1. The zero-order valence-electron chi connectivity index (χ0n) is 8.24. The van der Waals surface area contributed by atoms with E-state index in [2.05, 4.69) is 0 Å². The topological polar surface area (TPSA) is 40.5 Å². The number of phenols is 1. The molecule has 2 heteroatoms. The summed E-state index contributed by atoms with van der Waals surface area (Å²) in [7, 11) is 0. The first kappa shape index (κ1) is 9.53. The molecule has 0 fully saturated rings. The maximum absolute atomic E-state index is 9.36. The molecule has 1 aliphatic carbocycles. The van der Waals surface area contributed by atoms with Gasteiger partial charge in [-0.2, -0.15) is 0 Å². The molecule has 0 bridgehead atoms. The Hall–Kier alpha value is -1.02. The van der Waals surface area contributed by atoms with Crippen molar-refractivity contribution in [1.29, 1.82) is 0 Å². The highest BCUT2D eigenvalue weighted by atomic mass is 16.3. The Labute approximate surface area is 84.2 Å². The Kier molecular flexibility index (Phi) is 2.73. The summed E-state index contributed by atoms with van der Waals surface area (Å²) < 4.78 is 0. The van der Waals surface area contributed by atoms with E-state index in [9.17, 15) is 5.11 Å². The number of aliphatic hydroxyl groups is 1. The molecule has 1 unspecified atom stereocenters. The van der Waals surface area contributed by atoms with Crippen molar-refractivity contribution in [3.63, 3.8) is 0 Å². The number of phenolic OH excluding ortho intramolecular Hbond substituents is 1. The van der Waals surface area contributed by atoms with Gasteiger partial charge in [-0.3, -0.25) is 0 Å².